The highest BCUT2D eigenvalue weighted by atomic mass is 16.5. The average Bonchev–Trinajstić information content (AvgIpc) is 2.31. The summed E-state index contributed by atoms with van der Waals surface area (Å²) in [7, 11) is 0. The van der Waals surface area contributed by atoms with Crippen molar-refractivity contribution in [1.29, 1.82) is 0 Å². The summed E-state index contributed by atoms with van der Waals surface area (Å²) in [6.07, 6.45) is -0.117. The van der Waals surface area contributed by atoms with Gasteiger partial charge in [0, 0.05) is 10.4 Å². The SMILES string of the molecule is O=NC(=O)CCOCCOCCC(=O)N=O. The summed E-state index contributed by atoms with van der Waals surface area (Å²) in [5.41, 5.74) is 0. The number of hydrogen-bond acceptors (Lipinski definition) is 6. The molecule has 0 aromatic rings. The van der Waals surface area contributed by atoms with Crippen molar-refractivity contribution in [2.45, 2.75) is 12.8 Å². The molecule has 0 heterocycles. The lowest BCUT2D eigenvalue weighted by atomic mass is 10.4. The monoisotopic (exact) mass is 232 g/mol. The van der Waals surface area contributed by atoms with Gasteiger partial charge in [0.25, 0.3) is 11.8 Å². The Morgan fingerprint density at radius 2 is 1.12 bits per heavy atom. The number of nitroso groups, excluding NO2 is 2. The van der Waals surface area contributed by atoms with Gasteiger partial charge in [-0.1, -0.05) is 0 Å². The number of amides is 2. The first kappa shape index (κ1) is 14.5. The predicted molar refractivity (Wildman–Crippen MR) is 52.5 cm³/mol. The summed E-state index contributed by atoms with van der Waals surface area (Å²) >= 11 is 0. The van der Waals surface area contributed by atoms with E-state index in [1.807, 2.05) is 0 Å². The highest BCUT2D eigenvalue weighted by Gasteiger charge is 2.01. The number of hydrogen-bond donors (Lipinski definition) is 0. The summed E-state index contributed by atoms with van der Waals surface area (Å²) < 4.78 is 9.85. The molecule has 0 rings (SSSR count). The van der Waals surface area contributed by atoms with Crippen LogP contribution in [0.5, 0.6) is 0 Å². The second-order valence-corrected chi connectivity index (χ2v) is 2.69. The van der Waals surface area contributed by atoms with Crippen LogP contribution in [0.25, 0.3) is 0 Å². The summed E-state index contributed by atoms with van der Waals surface area (Å²) in [6, 6.07) is 0. The molecule has 0 bridgehead atoms. The van der Waals surface area contributed by atoms with Gasteiger partial charge in [0.15, 0.2) is 0 Å². The molecule has 8 heteroatoms. The van der Waals surface area contributed by atoms with Gasteiger partial charge >= 0.3 is 0 Å². The zero-order valence-electron chi connectivity index (χ0n) is 8.59. The zero-order valence-corrected chi connectivity index (χ0v) is 8.59. The third-order valence-electron chi connectivity index (χ3n) is 1.50. The standard InChI is InChI=1S/C8H12N2O6/c11-7(9-13)1-3-15-5-6-16-4-2-8(12)10-14/h1-6H2. The van der Waals surface area contributed by atoms with Crippen LogP contribution >= 0.6 is 0 Å². The minimum Gasteiger partial charge on any atom is -0.379 e. The first-order valence-electron chi connectivity index (χ1n) is 4.58. The summed E-state index contributed by atoms with van der Waals surface area (Å²) in [6.45, 7) is 0.662. The number of carbonyl (C=O) groups is 2. The van der Waals surface area contributed by atoms with Gasteiger partial charge in [-0.2, -0.15) is 0 Å². The van der Waals surface area contributed by atoms with E-state index < -0.39 is 11.8 Å². The molecule has 0 aromatic heterocycles. The van der Waals surface area contributed by atoms with Crippen molar-refractivity contribution in [3.05, 3.63) is 9.81 Å². The number of ether oxygens (including phenoxy) is 2. The Morgan fingerprint density at radius 1 is 0.750 bits per heavy atom. The third-order valence-corrected chi connectivity index (χ3v) is 1.50. The largest absolute Gasteiger partial charge is 0.379 e. The van der Waals surface area contributed by atoms with Crippen LogP contribution in [-0.2, 0) is 19.1 Å². The predicted octanol–water partition coefficient (Wildman–Crippen LogP) is 0.386. The number of carbonyl (C=O) groups excluding carboxylic acids is 2. The molecule has 0 unspecified atom stereocenters. The first-order valence-corrected chi connectivity index (χ1v) is 4.58. The van der Waals surface area contributed by atoms with Gasteiger partial charge in [-0.15, -0.1) is 9.81 Å². The van der Waals surface area contributed by atoms with E-state index in [2.05, 4.69) is 10.4 Å². The highest BCUT2D eigenvalue weighted by Crippen LogP contribution is 1.89. The molecule has 0 aromatic carbocycles. The van der Waals surface area contributed by atoms with Gasteiger partial charge in [-0.25, -0.2) is 0 Å². The molecular formula is C8H12N2O6. The molecule has 0 aliphatic carbocycles. The van der Waals surface area contributed by atoms with E-state index in [-0.39, 0.29) is 39.3 Å². The van der Waals surface area contributed by atoms with Crippen LogP contribution in [0.15, 0.2) is 10.4 Å². The Labute approximate surface area is 91.2 Å². The smallest absolute Gasteiger partial charge is 0.288 e. The molecule has 0 radical (unpaired) electrons. The molecule has 90 valence electrons. The molecule has 0 N–H and O–H groups in total. The van der Waals surface area contributed by atoms with E-state index >= 15 is 0 Å². The van der Waals surface area contributed by atoms with Crippen LogP contribution in [0.3, 0.4) is 0 Å². The maximum absolute atomic E-state index is 10.4. The Morgan fingerprint density at radius 3 is 1.44 bits per heavy atom. The normalized spacial score (nSPS) is 9.75. The van der Waals surface area contributed by atoms with Crippen LogP contribution in [0.2, 0.25) is 0 Å². The molecule has 8 nitrogen and oxygen atoms in total. The van der Waals surface area contributed by atoms with Crippen LogP contribution in [0.4, 0.5) is 0 Å². The van der Waals surface area contributed by atoms with Crippen LogP contribution < -0.4 is 0 Å². The fourth-order valence-electron chi connectivity index (χ4n) is 0.732. The van der Waals surface area contributed by atoms with Gasteiger partial charge in [-0.05, 0) is 0 Å². The molecule has 0 fully saturated rings. The molecular weight excluding hydrogens is 220 g/mol. The maximum atomic E-state index is 10.4. The second kappa shape index (κ2) is 9.99. The molecule has 2 amide bonds. The summed E-state index contributed by atoms with van der Waals surface area (Å²) in [4.78, 5) is 40.1. The van der Waals surface area contributed by atoms with Crippen molar-refractivity contribution in [1.82, 2.24) is 0 Å². The van der Waals surface area contributed by atoms with Crippen molar-refractivity contribution < 1.29 is 19.1 Å². The molecule has 0 atom stereocenters. The van der Waals surface area contributed by atoms with E-state index in [0.29, 0.717) is 0 Å². The lowest BCUT2D eigenvalue weighted by Gasteiger charge is -2.02. The van der Waals surface area contributed by atoms with E-state index in [1.54, 1.807) is 0 Å². The van der Waals surface area contributed by atoms with Crippen LogP contribution in [0, 0.1) is 9.81 Å². The van der Waals surface area contributed by atoms with E-state index in [9.17, 15) is 19.4 Å². The van der Waals surface area contributed by atoms with E-state index in [4.69, 9.17) is 9.47 Å². The average molecular weight is 232 g/mol. The quantitative estimate of drug-likeness (QED) is 0.419. The van der Waals surface area contributed by atoms with Crippen molar-refractivity contribution in [2.75, 3.05) is 26.4 Å². The van der Waals surface area contributed by atoms with E-state index in [1.165, 1.54) is 0 Å². The Bertz CT molecular complexity index is 229. The fourth-order valence-corrected chi connectivity index (χ4v) is 0.732. The fraction of sp³-hybridized carbons (Fsp3) is 0.750. The Balaban J connectivity index is 3.15. The van der Waals surface area contributed by atoms with Crippen molar-refractivity contribution in [2.24, 2.45) is 10.4 Å². The zero-order chi connectivity index (χ0) is 12.2. The second-order valence-electron chi connectivity index (χ2n) is 2.69. The topological polar surface area (TPSA) is 111 Å². The van der Waals surface area contributed by atoms with Gasteiger partial charge in [0.2, 0.25) is 0 Å². The van der Waals surface area contributed by atoms with Gasteiger partial charge in [-0.3, -0.25) is 9.59 Å². The molecule has 0 saturated heterocycles. The van der Waals surface area contributed by atoms with Crippen molar-refractivity contribution in [3.8, 4) is 0 Å². The molecule has 16 heavy (non-hydrogen) atoms. The van der Waals surface area contributed by atoms with Gasteiger partial charge < -0.3 is 9.47 Å². The number of nitrogens with zero attached hydrogens (tertiary/aromatic N) is 2. The third kappa shape index (κ3) is 9.03. The minimum atomic E-state index is -0.761. The highest BCUT2D eigenvalue weighted by molar-refractivity contribution is 5.76. The molecule has 0 spiro atoms. The van der Waals surface area contributed by atoms with Crippen LogP contribution in [-0.4, -0.2) is 38.2 Å². The van der Waals surface area contributed by atoms with Crippen LogP contribution in [0.1, 0.15) is 12.8 Å². The van der Waals surface area contributed by atoms with Gasteiger partial charge in [0.05, 0.1) is 39.3 Å². The maximum Gasteiger partial charge on any atom is 0.288 e. The minimum absolute atomic E-state index is 0.0585. The van der Waals surface area contributed by atoms with Gasteiger partial charge in [0.1, 0.15) is 0 Å². The van der Waals surface area contributed by atoms with Crippen molar-refractivity contribution >= 4 is 11.8 Å². The molecule has 0 aliphatic heterocycles. The Hall–Kier alpha value is -1.54. The summed E-state index contributed by atoms with van der Waals surface area (Å²) in [5.74, 6) is -1.52. The lowest BCUT2D eigenvalue weighted by Crippen LogP contribution is -2.09. The summed E-state index contributed by atoms with van der Waals surface area (Å²) in [5, 5.41) is 4.37. The molecule has 0 aliphatic rings. The number of rotatable bonds is 9. The lowest BCUT2D eigenvalue weighted by molar-refractivity contribution is -0.120. The Kier molecular flexibility index (Phi) is 9.03. The van der Waals surface area contributed by atoms with Crippen molar-refractivity contribution in [3.63, 3.8) is 0 Å². The molecule has 0 saturated carbocycles. The first-order chi connectivity index (χ1) is 7.70. The van der Waals surface area contributed by atoms with E-state index in [0.717, 1.165) is 0 Å².